The second-order valence-corrected chi connectivity index (χ2v) is 9.61. The highest BCUT2D eigenvalue weighted by Crippen LogP contribution is 2.41. The van der Waals surface area contributed by atoms with Gasteiger partial charge in [-0.05, 0) is 50.1 Å². The number of anilines is 1. The summed E-state index contributed by atoms with van der Waals surface area (Å²) in [7, 11) is 0. The number of thioether (sulfide) groups is 1. The first kappa shape index (κ1) is 22.6. The number of hydrogen-bond donors (Lipinski definition) is 0. The molecule has 1 saturated heterocycles. The number of Topliss-reactive ketones (excluding diaryl/α,β-unsaturated/α-hetero) is 1. The zero-order valence-corrected chi connectivity index (χ0v) is 19.8. The summed E-state index contributed by atoms with van der Waals surface area (Å²) in [4.78, 5) is 28.1. The first-order valence-corrected chi connectivity index (χ1v) is 12.5. The summed E-state index contributed by atoms with van der Waals surface area (Å²) in [5.41, 5.74) is 1.84. The smallest absolute Gasteiger partial charge is 0.233 e. The van der Waals surface area contributed by atoms with Gasteiger partial charge in [-0.2, -0.15) is 0 Å². The molecule has 0 atom stereocenters. The summed E-state index contributed by atoms with van der Waals surface area (Å²) in [6, 6.07) is 14.6. The average Bonchev–Trinajstić information content (AvgIpc) is 3.62. The highest BCUT2D eigenvalue weighted by Gasteiger charge is 2.31. The molecule has 0 spiro atoms. The topological polar surface area (TPSA) is 71.3 Å². The molecule has 0 radical (unpaired) electrons. The Kier molecular flexibility index (Phi) is 6.36. The van der Waals surface area contributed by atoms with E-state index in [4.69, 9.17) is 0 Å². The van der Waals surface area contributed by atoms with Crippen molar-refractivity contribution in [3.05, 3.63) is 65.7 Å². The van der Waals surface area contributed by atoms with E-state index in [-0.39, 0.29) is 17.4 Å². The van der Waals surface area contributed by atoms with Crippen LogP contribution in [0.1, 0.15) is 41.9 Å². The fourth-order valence-corrected chi connectivity index (χ4v) is 5.06. The molecule has 1 saturated carbocycles. The molecule has 2 aliphatic rings. The Hall–Kier alpha value is -3.20. The Balaban J connectivity index is 1.21. The minimum absolute atomic E-state index is 0.0348. The van der Waals surface area contributed by atoms with Crippen LogP contribution in [0.2, 0.25) is 0 Å². The first-order chi connectivity index (χ1) is 16.5. The molecule has 0 unspecified atom stereocenters. The number of carbonyl (C=O) groups is 2. The molecule has 2 fully saturated rings. The average molecular weight is 480 g/mol. The number of benzene rings is 2. The van der Waals surface area contributed by atoms with Gasteiger partial charge in [-0.25, -0.2) is 4.39 Å². The van der Waals surface area contributed by atoms with Crippen molar-refractivity contribution in [2.75, 3.05) is 36.8 Å². The van der Waals surface area contributed by atoms with Gasteiger partial charge in [0.05, 0.1) is 11.4 Å². The molecule has 3 aromatic rings. The summed E-state index contributed by atoms with van der Waals surface area (Å²) >= 11 is 1.41. The van der Waals surface area contributed by atoms with Gasteiger partial charge in [-0.1, -0.05) is 30.0 Å². The number of rotatable bonds is 7. The van der Waals surface area contributed by atoms with Crippen molar-refractivity contribution >= 4 is 29.1 Å². The van der Waals surface area contributed by atoms with E-state index in [1.54, 1.807) is 12.1 Å². The van der Waals surface area contributed by atoms with E-state index in [1.165, 1.54) is 24.8 Å². The van der Waals surface area contributed by atoms with Gasteiger partial charge in [-0.3, -0.25) is 14.2 Å². The Labute approximate surface area is 202 Å². The number of aromatic nitrogens is 3. The lowest BCUT2D eigenvalue weighted by Gasteiger charge is -2.36. The van der Waals surface area contributed by atoms with Gasteiger partial charge >= 0.3 is 0 Å². The van der Waals surface area contributed by atoms with Crippen molar-refractivity contribution in [3.63, 3.8) is 0 Å². The lowest BCUT2D eigenvalue weighted by atomic mass is 10.1. The number of nitrogens with zero attached hydrogens (tertiary/aromatic N) is 5. The highest BCUT2D eigenvalue weighted by atomic mass is 32.2. The molecular formula is C25H26FN5O2S. The zero-order chi connectivity index (χ0) is 23.7. The van der Waals surface area contributed by atoms with Crippen LogP contribution in [0.15, 0.2) is 53.7 Å². The zero-order valence-electron chi connectivity index (χ0n) is 19.0. The summed E-state index contributed by atoms with van der Waals surface area (Å²) in [6.45, 7) is 3.54. The van der Waals surface area contributed by atoms with E-state index in [0.717, 1.165) is 29.5 Å². The molecular weight excluding hydrogens is 453 g/mol. The molecule has 5 rings (SSSR count). The monoisotopic (exact) mass is 479 g/mol. The van der Waals surface area contributed by atoms with Crippen molar-refractivity contribution in [1.82, 2.24) is 19.7 Å². The Morgan fingerprint density at radius 1 is 1.03 bits per heavy atom. The number of hydrogen-bond acceptors (Lipinski definition) is 6. The molecule has 7 nitrogen and oxygen atoms in total. The maximum Gasteiger partial charge on any atom is 0.233 e. The minimum Gasteiger partial charge on any atom is -0.366 e. The standard InChI is InChI=1S/C25H26FN5O2S/c1-17(32)19-9-10-22(21(26)15-19)29-11-13-30(14-12-29)23(33)16-34-25-28-27-24(18-7-8-18)31(25)20-5-3-2-4-6-20/h2-6,9-10,15,18H,7-8,11-14,16H2,1H3. The van der Waals surface area contributed by atoms with Gasteiger partial charge in [0.2, 0.25) is 5.91 Å². The van der Waals surface area contributed by atoms with Crippen molar-refractivity contribution in [1.29, 1.82) is 0 Å². The largest absolute Gasteiger partial charge is 0.366 e. The van der Waals surface area contributed by atoms with Crippen LogP contribution >= 0.6 is 11.8 Å². The molecule has 1 aliphatic carbocycles. The number of halogens is 1. The van der Waals surface area contributed by atoms with E-state index in [1.807, 2.05) is 40.1 Å². The van der Waals surface area contributed by atoms with Gasteiger partial charge < -0.3 is 9.80 Å². The van der Waals surface area contributed by atoms with Gasteiger partial charge in [-0.15, -0.1) is 10.2 Å². The third-order valence-corrected chi connectivity index (χ3v) is 7.18. The number of para-hydroxylation sites is 1. The maximum atomic E-state index is 14.5. The number of amides is 1. The van der Waals surface area contributed by atoms with Crippen LogP contribution in [-0.2, 0) is 4.79 Å². The maximum absolute atomic E-state index is 14.5. The van der Waals surface area contributed by atoms with Crippen LogP contribution < -0.4 is 4.90 Å². The van der Waals surface area contributed by atoms with E-state index in [9.17, 15) is 14.0 Å². The van der Waals surface area contributed by atoms with E-state index in [0.29, 0.717) is 43.3 Å². The van der Waals surface area contributed by atoms with Crippen LogP contribution in [0.25, 0.3) is 5.69 Å². The molecule has 0 N–H and O–H groups in total. The predicted molar refractivity (Wildman–Crippen MR) is 129 cm³/mol. The van der Waals surface area contributed by atoms with Crippen molar-refractivity contribution in [2.24, 2.45) is 0 Å². The molecule has 0 bridgehead atoms. The second kappa shape index (κ2) is 9.58. The summed E-state index contributed by atoms with van der Waals surface area (Å²) in [5.74, 6) is 1.15. The first-order valence-electron chi connectivity index (χ1n) is 11.5. The fraction of sp³-hybridized carbons (Fsp3) is 0.360. The minimum atomic E-state index is -0.408. The van der Waals surface area contributed by atoms with E-state index >= 15 is 0 Å². The molecule has 34 heavy (non-hydrogen) atoms. The van der Waals surface area contributed by atoms with Crippen molar-refractivity contribution < 1.29 is 14.0 Å². The van der Waals surface area contributed by atoms with Crippen LogP contribution in [0.5, 0.6) is 0 Å². The Bertz CT molecular complexity index is 1200. The van der Waals surface area contributed by atoms with Crippen LogP contribution in [0.3, 0.4) is 0 Å². The third-order valence-electron chi connectivity index (χ3n) is 6.27. The molecule has 2 aromatic carbocycles. The second-order valence-electron chi connectivity index (χ2n) is 8.66. The summed E-state index contributed by atoms with van der Waals surface area (Å²) in [5, 5.41) is 9.53. The Morgan fingerprint density at radius 2 is 1.76 bits per heavy atom. The normalized spacial score (nSPS) is 16.1. The Morgan fingerprint density at radius 3 is 2.41 bits per heavy atom. The number of ketones is 1. The van der Waals surface area contributed by atoms with Crippen LogP contribution in [0.4, 0.5) is 10.1 Å². The van der Waals surface area contributed by atoms with Gasteiger partial charge in [0.15, 0.2) is 10.9 Å². The summed E-state index contributed by atoms with van der Waals surface area (Å²) in [6.07, 6.45) is 2.24. The molecule has 2 heterocycles. The van der Waals surface area contributed by atoms with Gasteiger partial charge in [0, 0.05) is 43.3 Å². The predicted octanol–water partition coefficient (Wildman–Crippen LogP) is 3.93. The lowest BCUT2D eigenvalue weighted by molar-refractivity contribution is -0.128. The van der Waals surface area contributed by atoms with Crippen molar-refractivity contribution in [2.45, 2.75) is 30.8 Å². The molecule has 1 amide bonds. The lowest BCUT2D eigenvalue weighted by Crippen LogP contribution is -2.49. The van der Waals surface area contributed by atoms with Gasteiger partial charge in [0.1, 0.15) is 11.6 Å². The van der Waals surface area contributed by atoms with E-state index < -0.39 is 5.82 Å². The van der Waals surface area contributed by atoms with Crippen molar-refractivity contribution in [3.8, 4) is 5.69 Å². The fourth-order valence-electron chi connectivity index (χ4n) is 4.20. The quantitative estimate of drug-likeness (QED) is 0.378. The third kappa shape index (κ3) is 4.70. The SMILES string of the molecule is CC(=O)c1ccc(N2CCN(C(=O)CSc3nnc(C4CC4)n3-c3ccccc3)CC2)c(F)c1. The number of piperazine rings is 1. The molecule has 9 heteroatoms. The molecule has 1 aromatic heterocycles. The molecule has 176 valence electrons. The molecule has 1 aliphatic heterocycles. The number of carbonyl (C=O) groups excluding carboxylic acids is 2. The van der Waals surface area contributed by atoms with E-state index in [2.05, 4.69) is 14.8 Å². The highest BCUT2D eigenvalue weighted by molar-refractivity contribution is 7.99. The van der Waals surface area contributed by atoms with Crippen LogP contribution in [0, 0.1) is 5.82 Å². The van der Waals surface area contributed by atoms with Crippen LogP contribution in [-0.4, -0.2) is 63.3 Å². The van der Waals surface area contributed by atoms with Gasteiger partial charge in [0.25, 0.3) is 0 Å². The summed E-state index contributed by atoms with van der Waals surface area (Å²) < 4.78 is 16.6.